The van der Waals surface area contributed by atoms with E-state index in [1.807, 2.05) is 0 Å². The molecule has 0 aromatic heterocycles. The quantitative estimate of drug-likeness (QED) is 0.682. The molecule has 0 saturated heterocycles. The van der Waals surface area contributed by atoms with Crippen molar-refractivity contribution >= 4 is 11.9 Å². The van der Waals surface area contributed by atoms with Crippen molar-refractivity contribution in [3.63, 3.8) is 0 Å². The minimum Gasteiger partial charge on any atom is -0.480 e. The minimum atomic E-state index is -1.15. The Kier molecular flexibility index (Phi) is 2.59. The lowest BCUT2D eigenvalue weighted by atomic mass is 9.84. The Morgan fingerprint density at radius 3 is 2.23 bits per heavy atom. The molecule has 13 heavy (non-hydrogen) atoms. The normalized spacial score (nSPS) is 17.7. The Balaban J connectivity index is 2.46. The van der Waals surface area contributed by atoms with E-state index in [0.29, 0.717) is 0 Å². The predicted molar refractivity (Wildman–Crippen MR) is 47.2 cm³/mol. The summed E-state index contributed by atoms with van der Waals surface area (Å²) >= 11 is 0. The van der Waals surface area contributed by atoms with Crippen molar-refractivity contribution in [2.45, 2.75) is 38.6 Å². The second-order valence-corrected chi connectivity index (χ2v) is 4.05. The van der Waals surface area contributed by atoms with Crippen LogP contribution in [0.15, 0.2) is 0 Å². The van der Waals surface area contributed by atoms with Gasteiger partial charge in [0.15, 0.2) is 0 Å². The average Bonchev–Trinajstić information content (AvgIpc) is 1.80. The van der Waals surface area contributed by atoms with E-state index in [-0.39, 0.29) is 11.8 Å². The van der Waals surface area contributed by atoms with Gasteiger partial charge in [0.25, 0.3) is 0 Å². The molecule has 4 heteroatoms. The first-order chi connectivity index (χ1) is 5.93. The van der Waals surface area contributed by atoms with Crippen molar-refractivity contribution in [2.24, 2.45) is 5.92 Å². The summed E-state index contributed by atoms with van der Waals surface area (Å²) in [7, 11) is 0. The Morgan fingerprint density at radius 1 is 1.38 bits per heavy atom. The van der Waals surface area contributed by atoms with Gasteiger partial charge in [-0.15, -0.1) is 0 Å². The third-order valence-corrected chi connectivity index (χ3v) is 2.45. The number of carbonyl (C=O) groups is 2. The van der Waals surface area contributed by atoms with Gasteiger partial charge in [-0.25, -0.2) is 4.79 Å². The summed E-state index contributed by atoms with van der Waals surface area (Å²) in [5, 5.41) is 11.3. The predicted octanol–water partition coefficient (Wildman–Crippen LogP) is 0.766. The molecule has 1 fully saturated rings. The Hall–Kier alpha value is -1.06. The summed E-state index contributed by atoms with van der Waals surface area (Å²) in [5.41, 5.74) is -1.15. The molecule has 1 amide bonds. The Morgan fingerprint density at radius 2 is 1.92 bits per heavy atom. The smallest absolute Gasteiger partial charge is 0.328 e. The molecule has 0 heterocycles. The number of carbonyl (C=O) groups excluding carboxylic acids is 1. The third-order valence-electron chi connectivity index (χ3n) is 2.45. The molecule has 0 radical (unpaired) electrons. The van der Waals surface area contributed by atoms with Gasteiger partial charge in [-0.2, -0.15) is 0 Å². The largest absolute Gasteiger partial charge is 0.480 e. The fourth-order valence-electron chi connectivity index (χ4n) is 1.13. The lowest BCUT2D eigenvalue weighted by Gasteiger charge is -2.29. The minimum absolute atomic E-state index is 0.0404. The van der Waals surface area contributed by atoms with Gasteiger partial charge in [-0.3, -0.25) is 4.79 Å². The van der Waals surface area contributed by atoms with Crippen LogP contribution in [0, 0.1) is 5.92 Å². The third kappa shape index (κ3) is 2.20. The van der Waals surface area contributed by atoms with Gasteiger partial charge in [0, 0.05) is 5.92 Å². The molecular weight excluding hydrogens is 170 g/mol. The molecule has 1 rings (SSSR count). The zero-order valence-corrected chi connectivity index (χ0v) is 7.96. The van der Waals surface area contributed by atoms with E-state index in [9.17, 15) is 9.59 Å². The standard InChI is InChI=1S/C9H15NO3/c1-9(2,8(12)13)10-7(11)6-4-3-5-6/h6H,3-5H2,1-2H3,(H,10,11)(H,12,13). The van der Waals surface area contributed by atoms with Crippen molar-refractivity contribution in [3.8, 4) is 0 Å². The number of aliphatic carboxylic acids is 1. The highest BCUT2D eigenvalue weighted by molar-refractivity contribution is 5.87. The van der Waals surface area contributed by atoms with E-state index in [1.54, 1.807) is 0 Å². The van der Waals surface area contributed by atoms with Gasteiger partial charge in [-0.05, 0) is 26.7 Å². The number of rotatable bonds is 3. The molecule has 2 N–H and O–H groups in total. The van der Waals surface area contributed by atoms with Crippen LogP contribution < -0.4 is 5.32 Å². The van der Waals surface area contributed by atoms with E-state index >= 15 is 0 Å². The molecule has 0 spiro atoms. The second kappa shape index (κ2) is 3.36. The fourth-order valence-corrected chi connectivity index (χ4v) is 1.13. The van der Waals surface area contributed by atoms with Crippen molar-refractivity contribution in [1.82, 2.24) is 5.32 Å². The number of carboxylic acid groups (broad SMARTS) is 1. The van der Waals surface area contributed by atoms with E-state index in [0.717, 1.165) is 19.3 Å². The van der Waals surface area contributed by atoms with Crippen LogP contribution in [-0.2, 0) is 9.59 Å². The topological polar surface area (TPSA) is 66.4 Å². The van der Waals surface area contributed by atoms with Gasteiger partial charge in [0.05, 0.1) is 0 Å². The molecule has 0 aliphatic heterocycles. The van der Waals surface area contributed by atoms with Crippen LogP contribution in [0.5, 0.6) is 0 Å². The number of nitrogens with one attached hydrogen (secondary N) is 1. The Bertz CT molecular complexity index is 231. The first-order valence-electron chi connectivity index (χ1n) is 4.49. The van der Waals surface area contributed by atoms with Crippen LogP contribution in [0.1, 0.15) is 33.1 Å². The molecule has 0 bridgehead atoms. The lowest BCUT2D eigenvalue weighted by molar-refractivity contribution is -0.147. The molecule has 1 aliphatic rings. The monoisotopic (exact) mass is 185 g/mol. The molecular formula is C9H15NO3. The highest BCUT2D eigenvalue weighted by atomic mass is 16.4. The van der Waals surface area contributed by atoms with E-state index < -0.39 is 11.5 Å². The van der Waals surface area contributed by atoms with Crippen LogP contribution in [-0.4, -0.2) is 22.5 Å². The summed E-state index contributed by atoms with van der Waals surface area (Å²) in [4.78, 5) is 22.0. The zero-order valence-electron chi connectivity index (χ0n) is 7.96. The maximum atomic E-state index is 11.4. The van der Waals surface area contributed by atoms with Crippen LogP contribution in [0.25, 0.3) is 0 Å². The lowest BCUT2D eigenvalue weighted by Crippen LogP contribution is -2.52. The molecule has 1 aliphatic carbocycles. The van der Waals surface area contributed by atoms with E-state index in [1.165, 1.54) is 13.8 Å². The van der Waals surface area contributed by atoms with Gasteiger partial charge in [0.2, 0.25) is 5.91 Å². The van der Waals surface area contributed by atoms with Crippen molar-refractivity contribution in [3.05, 3.63) is 0 Å². The van der Waals surface area contributed by atoms with Crippen molar-refractivity contribution in [2.75, 3.05) is 0 Å². The SMILES string of the molecule is CC(C)(NC(=O)C1CCC1)C(=O)O. The van der Waals surface area contributed by atoms with Crippen molar-refractivity contribution in [1.29, 1.82) is 0 Å². The fraction of sp³-hybridized carbons (Fsp3) is 0.778. The number of amides is 1. The van der Waals surface area contributed by atoms with Gasteiger partial charge >= 0.3 is 5.97 Å². The number of hydrogen-bond donors (Lipinski definition) is 2. The van der Waals surface area contributed by atoms with Crippen LogP contribution in [0.4, 0.5) is 0 Å². The number of carboxylic acids is 1. The van der Waals surface area contributed by atoms with Gasteiger partial charge in [-0.1, -0.05) is 6.42 Å². The molecule has 74 valence electrons. The average molecular weight is 185 g/mol. The van der Waals surface area contributed by atoms with Crippen molar-refractivity contribution < 1.29 is 14.7 Å². The summed E-state index contributed by atoms with van der Waals surface area (Å²) in [6, 6.07) is 0. The molecule has 0 aromatic carbocycles. The molecule has 1 saturated carbocycles. The number of hydrogen-bond acceptors (Lipinski definition) is 2. The van der Waals surface area contributed by atoms with Crippen LogP contribution >= 0.6 is 0 Å². The summed E-state index contributed by atoms with van der Waals surface area (Å²) in [6.45, 7) is 2.98. The summed E-state index contributed by atoms with van der Waals surface area (Å²) < 4.78 is 0. The molecule has 0 unspecified atom stereocenters. The first-order valence-corrected chi connectivity index (χ1v) is 4.49. The highest BCUT2D eigenvalue weighted by Crippen LogP contribution is 2.26. The van der Waals surface area contributed by atoms with Gasteiger partial charge < -0.3 is 10.4 Å². The zero-order chi connectivity index (χ0) is 10.1. The van der Waals surface area contributed by atoms with Gasteiger partial charge in [0.1, 0.15) is 5.54 Å². The maximum absolute atomic E-state index is 11.4. The molecule has 0 atom stereocenters. The van der Waals surface area contributed by atoms with Crippen LogP contribution in [0.2, 0.25) is 0 Å². The molecule has 0 aromatic rings. The van der Waals surface area contributed by atoms with E-state index in [2.05, 4.69) is 5.32 Å². The maximum Gasteiger partial charge on any atom is 0.328 e. The summed E-state index contributed by atoms with van der Waals surface area (Å²) in [5.74, 6) is -1.09. The first kappa shape index (κ1) is 10.0. The Labute approximate surface area is 77.3 Å². The summed E-state index contributed by atoms with van der Waals surface area (Å²) in [6.07, 6.45) is 2.86. The van der Waals surface area contributed by atoms with Crippen LogP contribution in [0.3, 0.4) is 0 Å². The second-order valence-electron chi connectivity index (χ2n) is 4.05. The highest BCUT2D eigenvalue weighted by Gasteiger charge is 2.33. The molecule has 4 nitrogen and oxygen atoms in total. The van der Waals surface area contributed by atoms with E-state index in [4.69, 9.17) is 5.11 Å².